The van der Waals surface area contributed by atoms with E-state index in [1.165, 1.54) is 0 Å². The summed E-state index contributed by atoms with van der Waals surface area (Å²) in [5.74, 6) is 0.562. The fraction of sp³-hybridized carbons (Fsp3) is 0.545. The van der Waals surface area contributed by atoms with Crippen LogP contribution in [0.5, 0.6) is 0 Å². The Balaban J connectivity index is 3.03. The Morgan fingerprint density at radius 3 is 2.75 bits per heavy atom. The number of Topliss-reactive ketones (excluding diaryl/α,β-unsaturated/α-hetero) is 1. The topological polar surface area (TPSA) is 17.1 Å². The second-order valence-electron chi connectivity index (χ2n) is 4.02. The van der Waals surface area contributed by atoms with Crippen molar-refractivity contribution in [1.29, 1.82) is 0 Å². The van der Waals surface area contributed by atoms with E-state index in [4.69, 9.17) is 0 Å². The molecule has 1 heteroatoms. The minimum Gasteiger partial charge on any atom is -0.294 e. The van der Waals surface area contributed by atoms with E-state index < -0.39 is 0 Å². The molecule has 1 unspecified atom stereocenters. The number of carbonyl (C=O) groups is 1. The molecule has 0 fully saturated rings. The summed E-state index contributed by atoms with van der Waals surface area (Å²) >= 11 is 0. The Labute approximate surface area is 74.2 Å². The van der Waals surface area contributed by atoms with Crippen molar-refractivity contribution in [2.24, 2.45) is 11.3 Å². The molecule has 0 aromatic carbocycles. The van der Waals surface area contributed by atoms with Gasteiger partial charge in [0.15, 0.2) is 5.78 Å². The largest absolute Gasteiger partial charge is 0.294 e. The van der Waals surface area contributed by atoms with Gasteiger partial charge in [-0.1, -0.05) is 26.0 Å². The van der Waals surface area contributed by atoms with Gasteiger partial charge in [0.1, 0.15) is 0 Å². The van der Waals surface area contributed by atoms with Crippen LogP contribution in [-0.2, 0) is 4.79 Å². The Morgan fingerprint density at radius 2 is 2.25 bits per heavy atom. The highest BCUT2D eigenvalue weighted by Gasteiger charge is 2.37. The van der Waals surface area contributed by atoms with Crippen molar-refractivity contribution in [3.63, 3.8) is 0 Å². The maximum absolute atomic E-state index is 11.7. The van der Waals surface area contributed by atoms with Gasteiger partial charge in [-0.05, 0) is 24.8 Å². The fourth-order valence-electron chi connectivity index (χ4n) is 1.76. The molecule has 0 amide bonds. The third-order valence-electron chi connectivity index (χ3n) is 2.83. The second kappa shape index (κ2) is 2.89. The number of ketones is 1. The van der Waals surface area contributed by atoms with E-state index in [0.29, 0.717) is 5.92 Å². The second-order valence-corrected chi connectivity index (χ2v) is 4.02. The first-order valence-electron chi connectivity index (χ1n) is 4.34. The minimum atomic E-state index is -0.249. The molecule has 0 saturated carbocycles. The summed E-state index contributed by atoms with van der Waals surface area (Å²) in [6.45, 7) is 9.65. The molecule has 0 aromatic heterocycles. The molecule has 1 nitrogen and oxygen atoms in total. The van der Waals surface area contributed by atoms with Gasteiger partial charge in [-0.2, -0.15) is 0 Å². The van der Waals surface area contributed by atoms with Crippen LogP contribution in [0, 0.1) is 11.3 Å². The van der Waals surface area contributed by atoms with Crippen molar-refractivity contribution < 1.29 is 4.79 Å². The van der Waals surface area contributed by atoms with Gasteiger partial charge in [0, 0.05) is 5.41 Å². The van der Waals surface area contributed by atoms with Gasteiger partial charge in [0.25, 0.3) is 0 Å². The highest BCUT2D eigenvalue weighted by molar-refractivity contribution is 6.00. The smallest absolute Gasteiger partial charge is 0.164 e. The number of carbonyl (C=O) groups excluding carboxylic acids is 1. The first-order valence-corrected chi connectivity index (χ1v) is 4.34. The van der Waals surface area contributed by atoms with Crippen LogP contribution >= 0.6 is 0 Å². The van der Waals surface area contributed by atoms with Crippen LogP contribution < -0.4 is 0 Å². The van der Waals surface area contributed by atoms with Crippen LogP contribution in [0.3, 0.4) is 0 Å². The Morgan fingerprint density at radius 1 is 1.67 bits per heavy atom. The molecule has 0 radical (unpaired) electrons. The third-order valence-corrected chi connectivity index (χ3v) is 2.83. The maximum Gasteiger partial charge on any atom is 0.164 e. The van der Waals surface area contributed by atoms with Crippen LogP contribution in [0.15, 0.2) is 24.3 Å². The molecule has 1 aliphatic rings. The lowest BCUT2D eigenvalue weighted by molar-refractivity contribution is -0.125. The lowest BCUT2D eigenvalue weighted by Crippen LogP contribution is -2.35. The predicted molar refractivity (Wildman–Crippen MR) is 50.8 cm³/mol. The van der Waals surface area contributed by atoms with Gasteiger partial charge < -0.3 is 0 Å². The number of hydrogen-bond acceptors (Lipinski definition) is 1. The van der Waals surface area contributed by atoms with Gasteiger partial charge in [-0.3, -0.25) is 4.79 Å². The van der Waals surface area contributed by atoms with Crippen molar-refractivity contribution >= 4 is 5.78 Å². The predicted octanol–water partition coefficient (Wildman–Crippen LogP) is 2.73. The first kappa shape index (κ1) is 9.24. The zero-order chi connectivity index (χ0) is 9.35. The molecule has 0 bridgehead atoms. The Hall–Kier alpha value is -0.850. The van der Waals surface area contributed by atoms with Crippen molar-refractivity contribution in [3.05, 3.63) is 24.3 Å². The molecular weight excluding hydrogens is 148 g/mol. The zero-order valence-corrected chi connectivity index (χ0v) is 8.05. The molecule has 1 atom stereocenters. The van der Waals surface area contributed by atoms with E-state index in [1.54, 1.807) is 0 Å². The standard InChI is InChI=1S/C11H16O/c1-5-9-7-6-8(2)10(12)11(9,3)4/h5-6,9H,1,7H2,2-4H3. The third kappa shape index (κ3) is 1.24. The lowest BCUT2D eigenvalue weighted by atomic mass is 9.68. The molecule has 0 aromatic rings. The molecule has 0 N–H and O–H groups in total. The van der Waals surface area contributed by atoms with Crippen LogP contribution in [0.4, 0.5) is 0 Å². The number of rotatable bonds is 1. The summed E-state index contributed by atoms with van der Waals surface area (Å²) in [6.07, 6.45) is 4.86. The van der Waals surface area contributed by atoms with E-state index in [1.807, 2.05) is 32.9 Å². The number of allylic oxidation sites excluding steroid dienone is 3. The highest BCUT2D eigenvalue weighted by atomic mass is 16.1. The van der Waals surface area contributed by atoms with Crippen molar-refractivity contribution in [2.75, 3.05) is 0 Å². The van der Waals surface area contributed by atoms with Gasteiger partial charge >= 0.3 is 0 Å². The van der Waals surface area contributed by atoms with Crippen LogP contribution in [0.2, 0.25) is 0 Å². The molecule has 0 heterocycles. The van der Waals surface area contributed by atoms with E-state index in [0.717, 1.165) is 12.0 Å². The summed E-state index contributed by atoms with van der Waals surface area (Å²) in [4.78, 5) is 11.7. The quantitative estimate of drug-likeness (QED) is 0.544. The summed E-state index contributed by atoms with van der Waals surface area (Å²) in [6, 6.07) is 0. The van der Waals surface area contributed by atoms with Crippen molar-refractivity contribution in [1.82, 2.24) is 0 Å². The minimum absolute atomic E-state index is 0.249. The average molecular weight is 164 g/mol. The van der Waals surface area contributed by atoms with Gasteiger partial charge in [-0.15, -0.1) is 6.58 Å². The fourth-order valence-corrected chi connectivity index (χ4v) is 1.76. The summed E-state index contributed by atoms with van der Waals surface area (Å²) in [7, 11) is 0. The monoisotopic (exact) mass is 164 g/mol. The zero-order valence-electron chi connectivity index (χ0n) is 8.05. The van der Waals surface area contributed by atoms with Crippen LogP contribution in [0.25, 0.3) is 0 Å². The highest BCUT2D eigenvalue weighted by Crippen LogP contribution is 2.37. The van der Waals surface area contributed by atoms with E-state index in [-0.39, 0.29) is 11.2 Å². The van der Waals surface area contributed by atoms with Gasteiger partial charge in [0.05, 0.1) is 0 Å². The molecule has 66 valence electrons. The van der Waals surface area contributed by atoms with E-state index >= 15 is 0 Å². The Kier molecular flexibility index (Phi) is 2.22. The van der Waals surface area contributed by atoms with Crippen molar-refractivity contribution in [3.8, 4) is 0 Å². The molecule has 1 aliphatic carbocycles. The normalized spacial score (nSPS) is 28.1. The van der Waals surface area contributed by atoms with Crippen molar-refractivity contribution in [2.45, 2.75) is 27.2 Å². The van der Waals surface area contributed by atoms with Crippen LogP contribution in [0.1, 0.15) is 27.2 Å². The van der Waals surface area contributed by atoms with Gasteiger partial charge in [-0.25, -0.2) is 0 Å². The maximum atomic E-state index is 11.7. The molecular formula is C11H16O. The number of hydrogen-bond donors (Lipinski definition) is 0. The lowest BCUT2D eigenvalue weighted by Gasteiger charge is -2.34. The summed E-state index contributed by atoms with van der Waals surface area (Å²) < 4.78 is 0. The molecule has 0 aliphatic heterocycles. The molecule has 0 spiro atoms. The summed E-state index contributed by atoms with van der Waals surface area (Å²) in [5.41, 5.74) is 0.652. The summed E-state index contributed by atoms with van der Waals surface area (Å²) in [5, 5.41) is 0. The molecule has 0 saturated heterocycles. The molecule has 12 heavy (non-hydrogen) atoms. The molecule has 1 rings (SSSR count). The SMILES string of the molecule is C=CC1CC=C(C)C(=O)C1(C)C. The van der Waals surface area contributed by atoms with Crippen LogP contribution in [-0.4, -0.2) is 5.78 Å². The first-order chi connectivity index (χ1) is 5.50. The average Bonchev–Trinajstić information content (AvgIpc) is 2.01. The van der Waals surface area contributed by atoms with Gasteiger partial charge in [0.2, 0.25) is 0 Å². The van der Waals surface area contributed by atoms with E-state index in [2.05, 4.69) is 6.58 Å². The van der Waals surface area contributed by atoms with E-state index in [9.17, 15) is 4.79 Å². The Bertz CT molecular complexity index is 246.